The molecule has 7 nitrogen and oxygen atoms in total. The van der Waals surface area contributed by atoms with E-state index >= 15 is 0 Å². The van der Waals surface area contributed by atoms with E-state index in [0.717, 1.165) is 43.9 Å². The van der Waals surface area contributed by atoms with Crippen molar-refractivity contribution < 1.29 is 14.6 Å². The summed E-state index contributed by atoms with van der Waals surface area (Å²) in [6.07, 6.45) is 2.58. The second kappa shape index (κ2) is 7.53. The topological polar surface area (TPSA) is 87.6 Å². The van der Waals surface area contributed by atoms with Crippen LogP contribution in [0.2, 0.25) is 0 Å². The molecule has 144 valence electrons. The van der Waals surface area contributed by atoms with Crippen LogP contribution >= 0.6 is 11.3 Å². The van der Waals surface area contributed by atoms with Crippen LogP contribution in [-0.2, 0) is 16.8 Å². The molecule has 1 amide bonds. The van der Waals surface area contributed by atoms with Crippen LogP contribution in [0.5, 0.6) is 0 Å². The van der Waals surface area contributed by atoms with Crippen LogP contribution in [0, 0.1) is 6.92 Å². The maximum atomic E-state index is 12.3. The van der Waals surface area contributed by atoms with Crippen molar-refractivity contribution >= 4 is 23.1 Å². The molecule has 0 radical (unpaired) electrons. The fourth-order valence-corrected chi connectivity index (χ4v) is 5.15. The number of rotatable bonds is 4. The largest absolute Gasteiger partial charge is 0.395 e. The lowest BCUT2D eigenvalue weighted by Gasteiger charge is -2.44. The van der Waals surface area contributed by atoms with E-state index in [1.165, 1.54) is 21.8 Å². The number of anilines is 1. The van der Waals surface area contributed by atoms with E-state index in [1.54, 1.807) is 0 Å². The Morgan fingerprint density at radius 3 is 2.89 bits per heavy atom. The predicted octanol–water partition coefficient (Wildman–Crippen LogP) is 1.64. The van der Waals surface area contributed by atoms with Gasteiger partial charge >= 0.3 is 0 Å². The molecule has 0 aliphatic carbocycles. The van der Waals surface area contributed by atoms with Crippen LogP contribution in [0.25, 0.3) is 0 Å². The SMILES string of the molecule is Cc1ccc(N2CCC3(CC2)OCCc2cc(C(=O)NCCO)sc23)nn1. The summed E-state index contributed by atoms with van der Waals surface area (Å²) in [6, 6.07) is 6.00. The monoisotopic (exact) mass is 388 g/mol. The number of aliphatic hydroxyl groups excluding tert-OH is 1. The summed E-state index contributed by atoms with van der Waals surface area (Å²) in [6.45, 7) is 4.54. The van der Waals surface area contributed by atoms with E-state index in [4.69, 9.17) is 9.84 Å². The first kappa shape index (κ1) is 18.3. The molecule has 2 aromatic heterocycles. The Labute approximate surface area is 162 Å². The first-order valence-corrected chi connectivity index (χ1v) is 10.1. The van der Waals surface area contributed by atoms with Crippen molar-refractivity contribution in [2.24, 2.45) is 0 Å². The molecule has 1 spiro atoms. The summed E-state index contributed by atoms with van der Waals surface area (Å²) in [5.74, 6) is 0.785. The van der Waals surface area contributed by atoms with Gasteiger partial charge < -0.3 is 20.1 Å². The number of nitrogens with zero attached hydrogens (tertiary/aromatic N) is 3. The minimum atomic E-state index is -0.303. The second-order valence-electron chi connectivity index (χ2n) is 7.06. The molecule has 0 unspecified atom stereocenters. The Bertz CT molecular complexity index is 813. The maximum Gasteiger partial charge on any atom is 0.261 e. The number of aliphatic hydroxyl groups is 1. The number of thiophene rings is 1. The van der Waals surface area contributed by atoms with Gasteiger partial charge in [-0.25, -0.2) is 0 Å². The van der Waals surface area contributed by atoms with Gasteiger partial charge in [0.2, 0.25) is 0 Å². The first-order chi connectivity index (χ1) is 13.1. The zero-order valence-corrected chi connectivity index (χ0v) is 16.2. The van der Waals surface area contributed by atoms with Gasteiger partial charge in [-0.05, 0) is 49.9 Å². The Hall–Kier alpha value is -2.03. The highest BCUT2D eigenvalue weighted by Gasteiger charge is 2.43. The van der Waals surface area contributed by atoms with Crippen molar-refractivity contribution in [3.63, 3.8) is 0 Å². The molecule has 1 saturated heterocycles. The Morgan fingerprint density at radius 2 is 2.19 bits per heavy atom. The highest BCUT2D eigenvalue weighted by atomic mass is 32.1. The lowest BCUT2D eigenvalue weighted by atomic mass is 9.85. The number of hydrogen-bond acceptors (Lipinski definition) is 7. The van der Waals surface area contributed by atoms with Crippen LogP contribution in [0.15, 0.2) is 18.2 Å². The summed E-state index contributed by atoms with van der Waals surface area (Å²) < 4.78 is 6.29. The zero-order valence-electron chi connectivity index (χ0n) is 15.4. The highest BCUT2D eigenvalue weighted by Crippen LogP contribution is 2.45. The summed E-state index contributed by atoms with van der Waals surface area (Å²) in [5, 5.41) is 20.1. The van der Waals surface area contributed by atoms with E-state index in [1.807, 2.05) is 25.1 Å². The van der Waals surface area contributed by atoms with Gasteiger partial charge in [-0.3, -0.25) is 4.79 Å². The van der Waals surface area contributed by atoms with Crippen LogP contribution in [0.3, 0.4) is 0 Å². The van der Waals surface area contributed by atoms with E-state index in [-0.39, 0.29) is 24.7 Å². The summed E-state index contributed by atoms with van der Waals surface area (Å²) in [5.41, 5.74) is 1.84. The van der Waals surface area contributed by atoms with Gasteiger partial charge in [0.1, 0.15) is 5.60 Å². The van der Waals surface area contributed by atoms with Crippen molar-refractivity contribution in [1.82, 2.24) is 15.5 Å². The number of fused-ring (bicyclic) bond motifs is 2. The van der Waals surface area contributed by atoms with Gasteiger partial charge in [0, 0.05) is 24.5 Å². The van der Waals surface area contributed by atoms with Crippen molar-refractivity contribution in [2.45, 2.75) is 31.8 Å². The molecule has 2 aliphatic rings. The van der Waals surface area contributed by atoms with E-state index < -0.39 is 0 Å². The fraction of sp³-hybridized carbons (Fsp3) is 0.526. The van der Waals surface area contributed by atoms with Gasteiger partial charge in [0.15, 0.2) is 5.82 Å². The Balaban J connectivity index is 1.51. The summed E-state index contributed by atoms with van der Waals surface area (Å²) in [4.78, 5) is 16.4. The lowest BCUT2D eigenvalue weighted by Crippen LogP contribution is -2.46. The average Bonchev–Trinajstić information content (AvgIpc) is 3.14. The molecule has 4 rings (SSSR count). The van der Waals surface area contributed by atoms with Crippen LogP contribution in [0.1, 0.15) is 38.6 Å². The smallest absolute Gasteiger partial charge is 0.261 e. The molecular weight excluding hydrogens is 364 g/mol. The third-order valence-electron chi connectivity index (χ3n) is 5.27. The van der Waals surface area contributed by atoms with Crippen molar-refractivity contribution in [2.75, 3.05) is 37.7 Å². The van der Waals surface area contributed by atoms with Crippen LogP contribution < -0.4 is 10.2 Å². The number of hydrogen-bond donors (Lipinski definition) is 2. The molecule has 8 heteroatoms. The quantitative estimate of drug-likeness (QED) is 0.828. The minimum absolute atomic E-state index is 0.0540. The number of amides is 1. The normalized spacial score (nSPS) is 18.4. The third-order valence-corrected chi connectivity index (χ3v) is 6.63. The van der Waals surface area contributed by atoms with Gasteiger partial charge in [-0.1, -0.05) is 0 Å². The molecule has 0 aromatic carbocycles. The van der Waals surface area contributed by atoms with Crippen molar-refractivity contribution in [3.05, 3.63) is 39.2 Å². The minimum Gasteiger partial charge on any atom is -0.395 e. The van der Waals surface area contributed by atoms with Crippen LogP contribution in [0.4, 0.5) is 5.82 Å². The van der Waals surface area contributed by atoms with Gasteiger partial charge in [-0.15, -0.1) is 16.4 Å². The number of carbonyl (C=O) groups excluding carboxylic acids is 1. The predicted molar refractivity (Wildman–Crippen MR) is 103 cm³/mol. The molecule has 2 aromatic rings. The second-order valence-corrected chi connectivity index (χ2v) is 8.11. The number of ether oxygens (including phenoxy) is 1. The summed E-state index contributed by atoms with van der Waals surface area (Å²) in [7, 11) is 0. The number of aryl methyl sites for hydroxylation is 1. The first-order valence-electron chi connectivity index (χ1n) is 9.33. The maximum absolute atomic E-state index is 12.3. The van der Waals surface area contributed by atoms with E-state index in [0.29, 0.717) is 11.5 Å². The molecule has 0 bridgehead atoms. The molecule has 1 fully saturated rings. The molecule has 27 heavy (non-hydrogen) atoms. The Morgan fingerprint density at radius 1 is 1.37 bits per heavy atom. The highest BCUT2D eigenvalue weighted by molar-refractivity contribution is 7.14. The molecule has 2 aliphatic heterocycles. The number of aromatic nitrogens is 2. The fourth-order valence-electron chi connectivity index (χ4n) is 3.82. The number of carbonyl (C=O) groups is 1. The van der Waals surface area contributed by atoms with Crippen molar-refractivity contribution in [1.29, 1.82) is 0 Å². The standard InChI is InChI=1S/C19H24N4O3S/c1-13-2-3-16(22-21-13)23-8-5-19(6-9-23)17-14(4-11-26-19)12-15(27-17)18(25)20-7-10-24/h2-3,12,24H,4-11H2,1H3,(H,20,25). The zero-order chi connectivity index (χ0) is 18.9. The molecule has 2 N–H and O–H groups in total. The molecule has 4 heterocycles. The van der Waals surface area contributed by atoms with Gasteiger partial charge in [-0.2, -0.15) is 5.10 Å². The molecule has 0 saturated carbocycles. The number of nitrogens with one attached hydrogen (secondary N) is 1. The lowest BCUT2D eigenvalue weighted by molar-refractivity contribution is -0.0735. The van der Waals surface area contributed by atoms with Crippen LogP contribution in [-0.4, -0.2) is 54.1 Å². The van der Waals surface area contributed by atoms with E-state index in [9.17, 15) is 4.79 Å². The average molecular weight is 388 g/mol. The van der Waals surface area contributed by atoms with Crippen molar-refractivity contribution in [3.8, 4) is 0 Å². The van der Waals surface area contributed by atoms with Gasteiger partial charge in [0.25, 0.3) is 5.91 Å². The number of piperidine rings is 1. The third kappa shape index (κ3) is 3.56. The molecular formula is C19H24N4O3S. The Kier molecular flexibility index (Phi) is 5.12. The van der Waals surface area contributed by atoms with E-state index in [2.05, 4.69) is 20.4 Å². The van der Waals surface area contributed by atoms with Gasteiger partial charge in [0.05, 0.1) is 23.8 Å². The molecule has 0 atom stereocenters. The summed E-state index contributed by atoms with van der Waals surface area (Å²) >= 11 is 1.53.